The van der Waals surface area contributed by atoms with Gasteiger partial charge in [-0.05, 0) is 30.5 Å². The zero-order valence-electron chi connectivity index (χ0n) is 12.7. The van der Waals surface area contributed by atoms with Crippen LogP contribution in [-0.2, 0) is 5.41 Å². The standard InChI is InChI=1S/C15H25N3O2/c1-11(9-19)12(2)18-14(20)17-10-15(3,4)13-5-7-16-8-6-13/h5-8,11-12,19H,9-10H2,1-4H3,(H2,17,18,20). The van der Waals surface area contributed by atoms with Crippen LogP contribution >= 0.6 is 0 Å². The summed E-state index contributed by atoms with van der Waals surface area (Å²) in [5.74, 6) is 0.0361. The van der Waals surface area contributed by atoms with Gasteiger partial charge in [-0.15, -0.1) is 0 Å². The van der Waals surface area contributed by atoms with Crippen molar-refractivity contribution in [2.75, 3.05) is 13.2 Å². The lowest BCUT2D eigenvalue weighted by molar-refractivity contribution is 0.199. The zero-order valence-corrected chi connectivity index (χ0v) is 12.7. The minimum Gasteiger partial charge on any atom is -0.396 e. The summed E-state index contributed by atoms with van der Waals surface area (Å²) >= 11 is 0. The van der Waals surface area contributed by atoms with Crippen LogP contribution in [0.3, 0.4) is 0 Å². The van der Waals surface area contributed by atoms with E-state index in [9.17, 15) is 4.79 Å². The quantitative estimate of drug-likeness (QED) is 0.741. The highest BCUT2D eigenvalue weighted by atomic mass is 16.3. The molecule has 0 fully saturated rings. The molecule has 2 amide bonds. The van der Waals surface area contributed by atoms with Crippen LogP contribution in [0.4, 0.5) is 4.79 Å². The molecule has 0 saturated carbocycles. The second kappa shape index (κ2) is 7.24. The highest BCUT2D eigenvalue weighted by molar-refractivity contribution is 5.74. The van der Waals surface area contributed by atoms with Gasteiger partial charge in [-0.2, -0.15) is 0 Å². The normalized spacial score (nSPS) is 14.4. The van der Waals surface area contributed by atoms with E-state index in [1.165, 1.54) is 0 Å². The summed E-state index contributed by atoms with van der Waals surface area (Å²) in [6.07, 6.45) is 3.50. The van der Waals surface area contributed by atoms with Crippen LogP contribution < -0.4 is 10.6 Å². The first-order valence-electron chi connectivity index (χ1n) is 6.92. The molecule has 5 heteroatoms. The zero-order chi connectivity index (χ0) is 15.2. The summed E-state index contributed by atoms with van der Waals surface area (Å²) in [5.41, 5.74) is 0.969. The fraction of sp³-hybridized carbons (Fsp3) is 0.600. The molecule has 5 nitrogen and oxygen atoms in total. The Bertz CT molecular complexity index is 420. The molecule has 1 rings (SSSR count). The van der Waals surface area contributed by atoms with Gasteiger partial charge >= 0.3 is 6.03 Å². The van der Waals surface area contributed by atoms with Crippen molar-refractivity contribution in [2.24, 2.45) is 5.92 Å². The number of hydrogen-bond donors (Lipinski definition) is 3. The smallest absolute Gasteiger partial charge is 0.315 e. The summed E-state index contributed by atoms with van der Waals surface area (Å²) in [6.45, 7) is 8.51. The molecule has 2 atom stereocenters. The number of aliphatic hydroxyl groups excluding tert-OH is 1. The molecule has 1 aromatic rings. The van der Waals surface area contributed by atoms with Gasteiger partial charge in [0.05, 0.1) is 0 Å². The van der Waals surface area contributed by atoms with Gasteiger partial charge in [-0.3, -0.25) is 4.98 Å². The van der Waals surface area contributed by atoms with Crippen molar-refractivity contribution in [3.8, 4) is 0 Å². The van der Waals surface area contributed by atoms with Crippen molar-refractivity contribution in [3.05, 3.63) is 30.1 Å². The summed E-state index contributed by atoms with van der Waals surface area (Å²) in [4.78, 5) is 15.8. The maximum absolute atomic E-state index is 11.8. The number of hydrogen-bond acceptors (Lipinski definition) is 3. The van der Waals surface area contributed by atoms with Crippen LogP contribution in [0, 0.1) is 5.92 Å². The van der Waals surface area contributed by atoms with Crippen LogP contribution in [0.2, 0.25) is 0 Å². The molecule has 1 heterocycles. The van der Waals surface area contributed by atoms with Crippen LogP contribution in [0.15, 0.2) is 24.5 Å². The molecule has 0 aliphatic heterocycles. The lowest BCUT2D eigenvalue weighted by atomic mass is 9.85. The Kier molecular flexibility index (Phi) is 5.95. The summed E-state index contributed by atoms with van der Waals surface area (Å²) in [7, 11) is 0. The molecule has 0 aliphatic carbocycles. The number of urea groups is 1. The molecule has 0 aliphatic rings. The first-order chi connectivity index (χ1) is 9.36. The second-order valence-corrected chi connectivity index (χ2v) is 5.90. The van der Waals surface area contributed by atoms with Crippen LogP contribution in [0.1, 0.15) is 33.3 Å². The molecule has 0 bridgehead atoms. The molecule has 0 saturated heterocycles. The van der Waals surface area contributed by atoms with E-state index in [4.69, 9.17) is 5.11 Å². The molecular weight excluding hydrogens is 254 g/mol. The van der Waals surface area contributed by atoms with E-state index in [0.29, 0.717) is 6.54 Å². The molecule has 0 aromatic carbocycles. The largest absolute Gasteiger partial charge is 0.396 e. The molecule has 0 spiro atoms. The van der Waals surface area contributed by atoms with Gasteiger partial charge in [0.2, 0.25) is 0 Å². The number of pyridine rings is 1. The van der Waals surface area contributed by atoms with E-state index < -0.39 is 0 Å². The highest BCUT2D eigenvalue weighted by Crippen LogP contribution is 2.21. The van der Waals surface area contributed by atoms with Gasteiger partial charge in [-0.1, -0.05) is 20.8 Å². The van der Waals surface area contributed by atoms with Gasteiger partial charge < -0.3 is 15.7 Å². The fourth-order valence-electron chi connectivity index (χ4n) is 1.76. The number of amides is 2. The van der Waals surface area contributed by atoms with E-state index in [0.717, 1.165) is 5.56 Å². The van der Waals surface area contributed by atoms with Crippen molar-refractivity contribution < 1.29 is 9.90 Å². The maximum atomic E-state index is 11.8. The predicted molar refractivity (Wildman–Crippen MR) is 79.5 cm³/mol. The first kappa shape index (κ1) is 16.4. The molecule has 112 valence electrons. The highest BCUT2D eigenvalue weighted by Gasteiger charge is 2.22. The van der Waals surface area contributed by atoms with E-state index in [-0.39, 0.29) is 30.0 Å². The second-order valence-electron chi connectivity index (χ2n) is 5.90. The van der Waals surface area contributed by atoms with Crippen LogP contribution in [0.25, 0.3) is 0 Å². The molecule has 20 heavy (non-hydrogen) atoms. The minimum atomic E-state index is -0.208. The van der Waals surface area contributed by atoms with E-state index >= 15 is 0 Å². The molecule has 0 radical (unpaired) electrons. The van der Waals surface area contributed by atoms with Gasteiger partial charge in [0, 0.05) is 37.0 Å². The van der Waals surface area contributed by atoms with Crippen molar-refractivity contribution in [1.82, 2.24) is 15.6 Å². The molecule has 3 N–H and O–H groups in total. The molecule has 2 unspecified atom stereocenters. The number of carbonyl (C=O) groups excluding carboxylic acids is 1. The van der Waals surface area contributed by atoms with Crippen LogP contribution in [0.5, 0.6) is 0 Å². The van der Waals surface area contributed by atoms with Crippen molar-refractivity contribution in [3.63, 3.8) is 0 Å². The third-order valence-electron chi connectivity index (χ3n) is 3.65. The average Bonchev–Trinajstić information content (AvgIpc) is 2.45. The Morgan fingerprint density at radius 1 is 1.35 bits per heavy atom. The van der Waals surface area contributed by atoms with E-state index in [2.05, 4.69) is 29.5 Å². The summed E-state index contributed by atoms with van der Waals surface area (Å²) in [6, 6.07) is 3.63. The van der Waals surface area contributed by atoms with Gasteiger partial charge in [-0.25, -0.2) is 4.79 Å². The lowest BCUT2D eigenvalue weighted by Crippen LogP contribution is -2.47. The number of nitrogens with zero attached hydrogens (tertiary/aromatic N) is 1. The third-order valence-corrected chi connectivity index (χ3v) is 3.65. The summed E-state index contributed by atoms with van der Waals surface area (Å²) in [5, 5.41) is 14.8. The lowest BCUT2D eigenvalue weighted by Gasteiger charge is -2.26. The van der Waals surface area contributed by atoms with Gasteiger partial charge in [0.15, 0.2) is 0 Å². The fourth-order valence-corrected chi connectivity index (χ4v) is 1.76. The SMILES string of the molecule is CC(CO)C(C)NC(=O)NCC(C)(C)c1ccncc1. The topological polar surface area (TPSA) is 74.2 Å². The average molecular weight is 279 g/mol. The van der Waals surface area contributed by atoms with Crippen molar-refractivity contribution in [1.29, 1.82) is 0 Å². The monoisotopic (exact) mass is 279 g/mol. The molecular formula is C15H25N3O2. The van der Waals surface area contributed by atoms with Gasteiger partial charge in [0.1, 0.15) is 0 Å². The number of aromatic nitrogens is 1. The Labute approximate surface area is 120 Å². The van der Waals surface area contributed by atoms with E-state index in [1.807, 2.05) is 26.0 Å². The predicted octanol–water partition coefficient (Wildman–Crippen LogP) is 1.68. The van der Waals surface area contributed by atoms with Crippen molar-refractivity contribution >= 4 is 6.03 Å². The number of rotatable bonds is 6. The molecule has 1 aromatic heterocycles. The number of aliphatic hydroxyl groups is 1. The van der Waals surface area contributed by atoms with E-state index in [1.54, 1.807) is 12.4 Å². The Hall–Kier alpha value is -1.62. The van der Waals surface area contributed by atoms with Crippen molar-refractivity contribution in [2.45, 2.75) is 39.2 Å². The first-order valence-corrected chi connectivity index (χ1v) is 6.92. The minimum absolute atomic E-state index is 0.0361. The Balaban J connectivity index is 2.48. The third kappa shape index (κ3) is 4.81. The van der Waals surface area contributed by atoms with Gasteiger partial charge in [0.25, 0.3) is 0 Å². The maximum Gasteiger partial charge on any atom is 0.315 e. The Morgan fingerprint density at radius 2 is 1.95 bits per heavy atom. The van der Waals surface area contributed by atoms with Crippen LogP contribution in [-0.4, -0.2) is 35.3 Å². The number of nitrogens with one attached hydrogen (secondary N) is 2. The Morgan fingerprint density at radius 3 is 2.50 bits per heavy atom. The number of carbonyl (C=O) groups is 1. The summed E-state index contributed by atoms with van der Waals surface area (Å²) < 4.78 is 0.